The maximum Gasteiger partial charge on any atom is 0.331 e. The van der Waals surface area contributed by atoms with Crippen LogP contribution in [-0.2, 0) is 14.3 Å². The number of esters is 1. The first-order valence-electron chi connectivity index (χ1n) is 6.51. The van der Waals surface area contributed by atoms with Gasteiger partial charge in [0.2, 0.25) is 0 Å². The van der Waals surface area contributed by atoms with Crippen molar-refractivity contribution in [2.75, 3.05) is 0 Å². The highest BCUT2D eigenvalue weighted by Crippen LogP contribution is 2.28. The molecule has 0 saturated heterocycles. The molecule has 102 valence electrons. The van der Waals surface area contributed by atoms with Gasteiger partial charge in [0.05, 0.1) is 5.92 Å². The molecular formula is C16H20O3. The van der Waals surface area contributed by atoms with Crippen LogP contribution in [-0.4, -0.2) is 17.9 Å². The molecule has 3 heteroatoms. The van der Waals surface area contributed by atoms with E-state index in [1.807, 2.05) is 0 Å². The minimum Gasteiger partial charge on any atom is -0.458 e. The fraction of sp³-hybridized carbons (Fsp3) is 0.375. The summed E-state index contributed by atoms with van der Waals surface area (Å²) < 4.78 is 5.35. The van der Waals surface area contributed by atoms with Gasteiger partial charge in [-0.25, -0.2) is 4.79 Å². The van der Waals surface area contributed by atoms with E-state index in [2.05, 4.69) is 13.2 Å². The molecule has 1 fully saturated rings. The van der Waals surface area contributed by atoms with Crippen LogP contribution in [0.15, 0.2) is 49.6 Å². The topological polar surface area (TPSA) is 43.4 Å². The van der Waals surface area contributed by atoms with Crippen LogP contribution >= 0.6 is 0 Å². The van der Waals surface area contributed by atoms with Crippen LogP contribution in [0.3, 0.4) is 0 Å². The van der Waals surface area contributed by atoms with Crippen LogP contribution in [0.1, 0.15) is 25.7 Å². The Kier molecular flexibility index (Phi) is 6.58. The molecule has 0 aromatic heterocycles. The predicted molar refractivity (Wildman–Crippen MR) is 75.5 cm³/mol. The zero-order chi connectivity index (χ0) is 14.1. The maximum atomic E-state index is 12.0. The summed E-state index contributed by atoms with van der Waals surface area (Å²) in [7, 11) is 0. The Labute approximate surface area is 114 Å². The van der Waals surface area contributed by atoms with E-state index in [-0.39, 0.29) is 17.8 Å². The molecular weight excluding hydrogens is 240 g/mol. The number of hydrogen-bond acceptors (Lipinski definition) is 3. The highest BCUT2D eigenvalue weighted by molar-refractivity contribution is 5.93. The molecule has 1 aliphatic rings. The Morgan fingerprint density at radius 1 is 1.00 bits per heavy atom. The van der Waals surface area contributed by atoms with Crippen molar-refractivity contribution >= 4 is 11.8 Å². The first-order valence-corrected chi connectivity index (χ1v) is 6.51. The monoisotopic (exact) mass is 260 g/mol. The first kappa shape index (κ1) is 15.2. The average Bonchev–Trinajstić information content (AvgIpc) is 2.43. The van der Waals surface area contributed by atoms with Crippen LogP contribution < -0.4 is 0 Å². The van der Waals surface area contributed by atoms with Crippen LogP contribution in [0.5, 0.6) is 0 Å². The molecule has 0 heterocycles. The van der Waals surface area contributed by atoms with Gasteiger partial charge in [0.15, 0.2) is 5.78 Å². The molecule has 1 rings (SSSR count). The fourth-order valence-electron chi connectivity index (χ4n) is 2.18. The summed E-state index contributed by atoms with van der Waals surface area (Å²) in [6.45, 7) is 7.03. The van der Waals surface area contributed by atoms with Crippen LogP contribution in [0.25, 0.3) is 0 Å². The predicted octanol–water partition coefficient (Wildman–Crippen LogP) is 3.14. The van der Waals surface area contributed by atoms with Crippen molar-refractivity contribution in [3.63, 3.8) is 0 Å². The lowest BCUT2D eigenvalue weighted by Gasteiger charge is -2.29. The smallest absolute Gasteiger partial charge is 0.331 e. The molecule has 2 unspecified atom stereocenters. The zero-order valence-corrected chi connectivity index (χ0v) is 11.1. The second-order valence-electron chi connectivity index (χ2n) is 4.46. The van der Waals surface area contributed by atoms with E-state index < -0.39 is 5.97 Å². The van der Waals surface area contributed by atoms with E-state index in [0.717, 1.165) is 25.7 Å². The number of ketones is 1. The molecule has 1 aliphatic carbocycles. The molecule has 3 nitrogen and oxygen atoms in total. The lowest BCUT2D eigenvalue weighted by molar-refractivity contribution is -0.149. The average molecular weight is 260 g/mol. The number of carbonyl (C=O) groups is 2. The molecule has 0 amide bonds. The zero-order valence-electron chi connectivity index (χ0n) is 11.1. The Morgan fingerprint density at radius 3 is 2.32 bits per heavy atom. The Balaban J connectivity index is 2.66. The number of rotatable bonds is 6. The lowest BCUT2D eigenvalue weighted by atomic mass is 9.83. The van der Waals surface area contributed by atoms with Gasteiger partial charge in [-0.1, -0.05) is 43.9 Å². The minimum absolute atomic E-state index is 0.00472. The summed E-state index contributed by atoms with van der Waals surface area (Å²) >= 11 is 0. The first-order chi connectivity index (χ1) is 9.19. The third kappa shape index (κ3) is 5.08. The molecule has 0 aromatic rings. The number of hydrogen-bond donors (Lipinski definition) is 0. The normalized spacial score (nSPS) is 23.4. The van der Waals surface area contributed by atoms with E-state index in [4.69, 9.17) is 4.74 Å². The molecule has 19 heavy (non-hydrogen) atoms. The fourth-order valence-corrected chi connectivity index (χ4v) is 2.18. The Bertz CT molecular complexity index is 404. The van der Waals surface area contributed by atoms with Crippen LogP contribution in [0.2, 0.25) is 0 Å². The molecule has 0 aliphatic heterocycles. The van der Waals surface area contributed by atoms with Gasteiger partial charge in [-0.15, -0.1) is 0 Å². The maximum absolute atomic E-state index is 12.0. The van der Waals surface area contributed by atoms with Gasteiger partial charge in [-0.2, -0.15) is 0 Å². The summed E-state index contributed by atoms with van der Waals surface area (Å²) in [6.07, 6.45) is 12.2. The van der Waals surface area contributed by atoms with Crippen molar-refractivity contribution in [2.45, 2.75) is 31.8 Å². The largest absolute Gasteiger partial charge is 0.458 e. The summed E-state index contributed by atoms with van der Waals surface area (Å²) in [4.78, 5) is 23.6. The summed E-state index contributed by atoms with van der Waals surface area (Å²) in [5, 5.41) is 0. The van der Waals surface area contributed by atoms with Crippen LogP contribution in [0.4, 0.5) is 0 Å². The molecule has 0 N–H and O–H groups in total. The van der Waals surface area contributed by atoms with Crippen molar-refractivity contribution in [1.82, 2.24) is 0 Å². The number of ether oxygens (including phenoxy) is 1. The number of carbonyl (C=O) groups excluding carboxylic acids is 2. The number of allylic oxidation sites excluding steroid dienone is 5. The molecule has 1 saturated carbocycles. The van der Waals surface area contributed by atoms with Crippen molar-refractivity contribution in [3.05, 3.63) is 49.6 Å². The molecule has 2 atom stereocenters. The third-order valence-corrected chi connectivity index (χ3v) is 3.10. The van der Waals surface area contributed by atoms with E-state index in [0.29, 0.717) is 0 Å². The van der Waals surface area contributed by atoms with Crippen molar-refractivity contribution in [3.8, 4) is 0 Å². The van der Waals surface area contributed by atoms with Crippen LogP contribution in [0, 0.1) is 5.92 Å². The van der Waals surface area contributed by atoms with Gasteiger partial charge in [-0.3, -0.25) is 4.79 Å². The Hall–Kier alpha value is -1.90. The van der Waals surface area contributed by atoms with Gasteiger partial charge in [-0.05, 0) is 25.3 Å². The molecule has 0 aromatic carbocycles. The minimum atomic E-state index is -0.419. The van der Waals surface area contributed by atoms with E-state index in [1.54, 1.807) is 12.2 Å². The van der Waals surface area contributed by atoms with Gasteiger partial charge in [0, 0.05) is 6.08 Å². The van der Waals surface area contributed by atoms with Gasteiger partial charge in [0.25, 0.3) is 0 Å². The van der Waals surface area contributed by atoms with Gasteiger partial charge >= 0.3 is 5.97 Å². The highest BCUT2D eigenvalue weighted by atomic mass is 16.5. The second-order valence-corrected chi connectivity index (χ2v) is 4.46. The van der Waals surface area contributed by atoms with Gasteiger partial charge < -0.3 is 4.74 Å². The summed E-state index contributed by atoms with van der Waals surface area (Å²) in [5.74, 6) is -0.645. The summed E-state index contributed by atoms with van der Waals surface area (Å²) in [5.41, 5.74) is 0. The summed E-state index contributed by atoms with van der Waals surface area (Å²) in [6, 6.07) is 0. The van der Waals surface area contributed by atoms with E-state index in [9.17, 15) is 9.59 Å². The highest BCUT2D eigenvalue weighted by Gasteiger charge is 2.31. The molecule has 0 spiro atoms. The van der Waals surface area contributed by atoms with Crippen molar-refractivity contribution < 1.29 is 14.3 Å². The van der Waals surface area contributed by atoms with Gasteiger partial charge in [0.1, 0.15) is 6.10 Å². The second kappa shape index (κ2) is 8.25. The Morgan fingerprint density at radius 2 is 1.63 bits per heavy atom. The third-order valence-electron chi connectivity index (χ3n) is 3.10. The van der Waals surface area contributed by atoms with Crippen molar-refractivity contribution in [2.24, 2.45) is 5.92 Å². The van der Waals surface area contributed by atoms with E-state index >= 15 is 0 Å². The van der Waals surface area contributed by atoms with Crippen molar-refractivity contribution in [1.29, 1.82) is 0 Å². The lowest BCUT2D eigenvalue weighted by Crippen LogP contribution is -2.34. The quantitative estimate of drug-likeness (QED) is 0.418. The molecule has 0 bridgehead atoms. The molecule has 0 radical (unpaired) electrons. The SMILES string of the molecule is C=CC=CC(=O)OC1CCCCC1C(=O)C=CC=C. The standard InChI is InChI=1S/C16H20O3/c1-3-5-10-14(17)13-9-7-8-11-15(13)19-16(18)12-6-4-2/h3-6,10,12-13,15H,1-2,7-9,11H2. The van der Waals surface area contributed by atoms with E-state index in [1.165, 1.54) is 24.3 Å².